The van der Waals surface area contributed by atoms with Gasteiger partial charge in [-0.05, 0) is 31.6 Å². The van der Waals surface area contributed by atoms with Crippen LogP contribution in [0, 0.1) is 11.8 Å². The van der Waals surface area contributed by atoms with Crippen LogP contribution >= 0.6 is 0 Å². The molecule has 2 aliphatic rings. The van der Waals surface area contributed by atoms with Crippen molar-refractivity contribution >= 4 is 0 Å². The van der Waals surface area contributed by atoms with E-state index in [1.807, 2.05) is 0 Å². The maximum absolute atomic E-state index is 3.71. The molecule has 2 fully saturated rings. The van der Waals surface area contributed by atoms with Crippen LogP contribution in [0.1, 0.15) is 33.6 Å². The molecule has 2 N–H and O–H groups in total. The van der Waals surface area contributed by atoms with Crippen molar-refractivity contribution in [1.29, 1.82) is 0 Å². The number of hydrogen-bond donors (Lipinski definition) is 2. The Morgan fingerprint density at radius 1 is 0.923 bits per heavy atom. The first-order chi connectivity index (χ1) is 6.16. The second kappa shape index (κ2) is 3.58. The summed E-state index contributed by atoms with van der Waals surface area (Å²) < 4.78 is 0. The Bertz CT molecular complexity index is 181. The molecule has 0 spiro atoms. The topological polar surface area (TPSA) is 24.1 Å². The van der Waals surface area contributed by atoms with Gasteiger partial charge in [0.2, 0.25) is 0 Å². The summed E-state index contributed by atoms with van der Waals surface area (Å²) >= 11 is 0. The predicted molar refractivity (Wildman–Crippen MR) is 55.7 cm³/mol. The van der Waals surface area contributed by atoms with Gasteiger partial charge in [0.1, 0.15) is 0 Å². The van der Waals surface area contributed by atoms with Crippen LogP contribution in [-0.4, -0.2) is 24.7 Å². The van der Waals surface area contributed by atoms with Crippen LogP contribution in [0.15, 0.2) is 0 Å². The van der Waals surface area contributed by atoms with Crippen LogP contribution in [0.2, 0.25) is 0 Å². The summed E-state index contributed by atoms with van der Waals surface area (Å²) in [5.41, 5.74) is 0. The molecule has 2 heteroatoms. The lowest BCUT2D eigenvalue weighted by Gasteiger charge is -2.44. The highest BCUT2D eigenvalue weighted by atomic mass is 15.1. The van der Waals surface area contributed by atoms with Crippen molar-refractivity contribution in [2.75, 3.05) is 6.54 Å². The fourth-order valence-electron chi connectivity index (χ4n) is 2.76. The first kappa shape index (κ1) is 9.47. The number of piperazine rings is 1. The third kappa shape index (κ3) is 1.89. The molecule has 0 bridgehead atoms. The molecule has 1 saturated heterocycles. The third-order valence-corrected chi connectivity index (χ3v) is 3.89. The molecule has 76 valence electrons. The van der Waals surface area contributed by atoms with Gasteiger partial charge in [-0.3, -0.25) is 0 Å². The molecule has 5 unspecified atom stereocenters. The molecule has 2 nitrogen and oxygen atoms in total. The van der Waals surface area contributed by atoms with Gasteiger partial charge in [0.15, 0.2) is 0 Å². The summed E-state index contributed by atoms with van der Waals surface area (Å²) in [4.78, 5) is 0. The molecule has 2 rings (SSSR count). The highest BCUT2D eigenvalue weighted by Crippen LogP contribution is 2.30. The highest BCUT2D eigenvalue weighted by molar-refractivity contribution is 4.96. The van der Waals surface area contributed by atoms with Crippen molar-refractivity contribution in [3.63, 3.8) is 0 Å². The summed E-state index contributed by atoms with van der Waals surface area (Å²) in [6.07, 6.45) is 2.70. The van der Waals surface area contributed by atoms with E-state index in [1.165, 1.54) is 12.8 Å². The van der Waals surface area contributed by atoms with Crippen molar-refractivity contribution in [2.24, 2.45) is 11.8 Å². The van der Waals surface area contributed by atoms with Crippen molar-refractivity contribution in [1.82, 2.24) is 10.6 Å². The van der Waals surface area contributed by atoms with Gasteiger partial charge >= 0.3 is 0 Å². The van der Waals surface area contributed by atoms with E-state index in [9.17, 15) is 0 Å². The second-order valence-corrected chi connectivity index (χ2v) is 5.11. The molecule has 1 saturated carbocycles. The van der Waals surface area contributed by atoms with Gasteiger partial charge in [0.05, 0.1) is 0 Å². The Hall–Kier alpha value is -0.0800. The highest BCUT2D eigenvalue weighted by Gasteiger charge is 2.35. The van der Waals surface area contributed by atoms with Crippen LogP contribution in [0.25, 0.3) is 0 Å². The number of rotatable bonds is 0. The summed E-state index contributed by atoms with van der Waals surface area (Å²) in [5.74, 6) is 1.78. The van der Waals surface area contributed by atoms with E-state index < -0.39 is 0 Å². The Morgan fingerprint density at radius 3 is 2.23 bits per heavy atom. The zero-order valence-corrected chi connectivity index (χ0v) is 9.01. The molecule has 0 aromatic heterocycles. The van der Waals surface area contributed by atoms with Gasteiger partial charge < -0.3 is 10.6 Å². The van der Waals surface area contributed by atoms with E-state index in [4.69, 9.17) is 0 Å². The minimum atomic E-state index is 0.654. The Morgan fingerprint density at radius 2 is 1.54 bits per heavy atom. The van der Waals surface area contributed by atoms with Crippen molar-refractivity contribution < 1.29 is 0 Å². The van der Waals surface area contributed by atoms with Gasteiger partial charge in [0.25, 0.3) is 0 Å². The SMILES string of the molecule is CC1CNC2CC(C)C(C)CC2N1. The van der Waals surface area contributed by atoms with E-state index in [-0.39, 0.29) is 0 Å². The molecule has 13 heavy (non-hydrogen) atoms. The molecule has 0 radical (unpaired) electrons. The van der Waals surface area contributed by atoms with Crippen molar-refractivity contribution in [3.05, 3.63) is 0 Å². The average molecular weight is 182 g/mol. The van der Waals surface area contributed by atoms with E-state index in [1.54, 1.807) is 0 Å². The number of fused-ring (bicyclic) bond motifs is 1. The molecule has 1 aliphatic carbocycles. The lowest BCUT2D eigenvalue weighted by Crippen LogP contribution is -2.62. The molecule has 1 aliphatic heterocycles. The molecular weight excluding hydrogens is 160 g/mol. The first-order valence-electron chi connectivity index (χ1n) is 5.66. The van der Waals surface area contributed by atoms with Crippen LogP contribution < -0.4 is 10.6 Å². The maximum atomic E-state index is 3.71. The normalized spacial score (nSPS) is 51.5. The van der Waals surface area contributed by atoms with E-state index >= 15 is 0 Å². The zero-order valence-electron chi connectivity index (χ0n) is 9.01. The predicted octanol–water partition coefficient (Wildman–Crippen LogP) is 1.37. The fraction of sp³-hybridized carbons (Fsp3) is 1.00. The lowest BCUT2D eigenvalue weighted by atomic mass is 9.75. The smallest absolute Gasteiger partial charge is 0.0226 e. The van der Waals surface area contributed by atoms with Gasteiger partial charge in [-0.15, -0.1) is 0 Å². The van der Waals surface area contributed by atoms with Gasteiger partial charge in [-0.2, -0.15) is 0 Å². The van der Waals surface area contributed by atoms with Gasteiger partial charge in [-0.1, -0.05) is 13.8 Å². The van der Waals surface area contributed by atoms with Crippen LogP contribution in [0.5, 0.6) is 0 Å². The first-order valence-corrected chi connectivity index (χ1v) is 5.66. The van der Waals surface area contributed by atoms with Gasteiger partial charge in [0, 0.05) is 24.7 Å². The quantitative estimate of drug-likeness (QED) is 0.591. The maximum Gasteiger partial charge on any atom is 0.0226 e. The van der Waals surface area contributed by atoms with E-state index in [0.717, 1.165) is 30.5 Å². The van der Waals surface area contributed by atoms with Gasteiger partial charge in [-0.25, -0.2) is 0 Å². The number of nitrogens with one attached hydrogen (secondary N) is 2. The van der Waals surface area contributed by atoms with Crippen molar-refractivity contribution in [3.8, 4) is 0 Å². The van der Waals surface area contributed by atoms with E-state index in [0.29, 0.717) is 6.04 Å². The molecule has 0 amide bonds. The third-order valence-electron chi connectivity index (χ3n) is 3.89. The largest absolute Gasteiger partial charge is 0.311 e. The molecule has 5 atom stereocenters. The molecule has 1 heterocycles. The summed E-state index contributed by atoms with van der Waals surface area (Å²) in [6.45, 7) is 8.19. The number of hydrogen-bond acceptors (Lipinski definition) is 2. The van der Waals surface area contributed by atoms with Crippen LogP contribution in [-0.2, 0) is 0 Å². The van der Waals surface area contributed by atoms with E-state index in [2.05, 4.69) is 31.4 Å². The lowest BCUT2D eigenvalue weighted by molar-refractivity contribution is 0.141. The summed E-state index contributed by atoms with van der Waals surface area (Å²) in [7, 11) is 0. The molecule has 0 aromatic rings. The Kier molecular flexibility index (Phi) is 2.61. The molecular formula is C11H22N2. The fourth-order valence-corrected chi connectivity index (χ4v) is 2.76. The minimum absolute atomic E-state index is 0.654. The zero-order chi connectivity index (χ0) is 9.42. The minimum Gasteiger partial charge on any atom is -0.311 e. The van der Waals surface area contributed by atoms with Crippen LogP contribution in [0.4, 0.5) is 0 Å². The Balaban J connectivity index is 1.98. The molecule has 0 aromatic carbocycles. The standard InChI is InChI=1S/C11H22N2/c1-7-4-10-11(5-8(7)2)13-9(3)6-12-10/h7-13H,4-6H2,1-3H3. The van der Waals surface area contributed by atoms with Crippen molar-refractivity contribution in [2.45, 2.75) is 51.7 Å². The summed E-state index contributed by atoms with van der Waals surface area (Å²) in [6, 6.07) is 2.12. The second-order valence-electron chi connectivity index (χ2n) is 5.11. The van der Waals surface area contributed by atoms with Crippen LogP contribution in [0.3, 0.4) is 0 Å². The summed E-state index contributed by atoms with van der Waals surface area (Å²) in [5, 5.41) is 7.37. The Labute approximate surface area is 81.5 Å². The average Bonchev–Trinajstić information content (AvgIpc) is 2.08. The monoisotopic (exact) mass is 182 g/mol.